The molecule has 3 aliphatic rings. The summed E-state index contributed by atoms with van der Waals surface area (Å²) in [6.07, 6.45) is 0. The van der Waals surface area contributed by atoms with Gasteiger partial charge in [0.2, 0.25) is 6.79 Å². The zero-order valence-corrected chi connectivity index (χ0v) is 15.6. The van der Waals surface area contributed by atoms with Crippen LogP contribution in [0.25, 0.3) is 0 Å². The third kappa shape index (κ3) is 2.26. The van der Waals surface area contributed by atoms with Crippen molar-refractivity contribution >= 4 is 28.9 Å². The van der Waals surface area contributed by atoms with E-state index in [-0.39, 0.29) is 23.7 Å². The first-order valence-electron chi connectivity index (χ1n) is 9.17. The van der Waals surface area contributed by atoms with Crippen LogP contribution in [-0.2, 0) is 0 Å². The Hall–Kier alpha value is -3.05. The van der Waals surface area contributed by atoms with Gasteiger partial charge in [0, 0.05) is 16.0 Å². The molecule has 2 unspecified atom stereocenters. The number of benzene rings is 3. The quantitative estimate of drug-likeness (QED) is 0.578. The highest BCUT2D eigenvalue weighted by atomic mass is 32.2. The molecule has 136 valence electrons. The molecule has 0 saturated heterocycles. The van der Waals surface area contributed by atoms with E-state index in [9.17, 15) is 4.79 Å². The number of Topliss-reactive ketones (excluding diaryl/α,β-unsaturated/α-hetero) is 1. The number of hydrogen-bond donors (Lipinski definition) is 0. The third-order valence-electron chi connectivity index (χ3n) is 5.43. The van der Waals surface area contributed by atoms with E-state index in [1.54, 1.807) is 11.8 Å². The van der Waals surface area contributed by atoms with E-state index >= 15 is 0 Å². The normalized spacial score (nSPS) is 21.4. The number of ether oxygens (including phenoxy) is 2. The molecule has 0 N–H and O–H groups in total. The van der Waals surface area contributed by atoms with Crippen molar-refractivity contribution in [1.82, 2.24) is 0 Å². The second-order valence-electron chi connectivity index (χ2n) is 7.00. The molecule has 3 aromatic rings. The van der Waals surface area contributed by atoms with Crippen LogP contribution in [0.5, 0.6) is 11.5 Å². The van der Waals surface area contributed by atoms with Crippen LogP contribution in [0.3, 0.4) is 0 Å². The molecule has 4 nitrogen and oxygen atoms in total. The first-order chi connectivity index (χ1) is 13.8. The molecule has 0 bridgehead atoms. The molecule has 28 heavy (non-hydrogen) atoms. The predicted molar refractivity (Wildman–Crippen MR) is 108 cm³/mol. The molecule has 0 amide bonds. The maximum Gasteiger partial charge on any atom is 0.231 e. The number of para-hydroxylation sites is 1. The minimum absolute atomic E-state index is 0.0863. The summed E-state index contributed by atoms with van der Waals surface area (Å²) >= 11 is 1.70. The van der Waals surface area contributed by atoms with Gasteiger partial charge in [-0.1, -0.05) is 42.5 Å². The molecule has 3 aromatic carbocycles. The number of nitrogens with zero attached hydrogens (tertiary/aromatic N) is 1. The van der Waals surface area contributed by atoms with E-state index in [0.29, 0.717) is 0 Å². The zero-order valence-electron chi connectivity index (χ0n) is 14.8. The van der Waals surface area contributed by atoms with Crippen LogP contribution < -0.4 is 9.47 Å². The van der Waals surface area contributed by atoms with Crippen molar-refractivity contribution in [3.63, 3.8) is 0 Å². The number of ketones is 1. The van der Waals surface area contributed by atoms with Crippen LogP contribution >= 0.6 is 11.8 Å². The molecular formula is C23H15NO3S. The number of carbonyl (C=O) groups excluding carboxylic acids is 1. The van der Waals surface area contributed by atoms with Gasteiger partial charge < -0.3 is 9.47 Å². The summed E-state index contributed by atoms with van der Waals surface area (Å²) < 4.78 is 11.0. The van der Waals surface area contributed by atoms with Crippen LogP contribution in [0, 0.1) is 5.92 Å². The van der Waals surface area contributed by atoms with Gasteiger partial charge in [-0.2, -0.15) is 0 Å². The molecule has 0 saturated carbocycles. The van der Waals surface area contributed by atoms with Gasteiger partial charge in [-0.3, -0.25) is 9.79 Å². The highest BCUT2D eigenvalue weighted by molar-refractivity contribution is 7.99. The smallest absolute Gasteiger partial charge is 0.231 e. The SMILES string of the molecule is O=C1c2ccccc2C2=Nc3ccccc3SC(c3ccc4c(c3)OCO4)C12. The molecule has 0 fully saturated rings. The lowest BCUT2D eigenvalue weighted by Gasteiger charge is -2.21. The fourth-order valence-corrected chi connectivity index (χ4v) is 5.46. The molecule has 0 radical (unpaired) electrons. The Bertz CT molecular complexity index is 1170. The summed E-state index contributed by atoms with van der Waals surface area (Å²) in [6, 6.07) is 21.8. The maximum atomic E-state index is 13.4. The number of carbonyl (C=O) groups is 1. The summed E-state index contributed by atoms with van der Waals surface area (Å²) in [5.41, 5.74) is 4.53. The van der Waals surface area contributed by atoms with Crippen molar-refractivity contribution < 1.29 is 14.3 Å². The van der Waals surface area contributed by atoms with Crippen molar-refractivity contribution in [2.24, 2.45) is 10.9 Å². The first-order valence-corrected chi connectivity index (χ1v) is 10.0. The number of rotatable bonds is 1. The predicted octanol–water partition coefficient (Wildman–Crippen LogP) is 5.20. The number of thioether (sulfide) groups is 1. The van der Waals surface area contributed by atoms with E-state index in [1.807, 2.05) is 60.7 Å². The van der Waals surface area contributed by atoms with Gasteiger partial charge in [-0.25, -0.2) is 0 Å². The van der Waals surface area contributed by atoms with E-state index in [0.717, 1.165) is 44.5 Å². The fraction of sp³-hybridized carbons (Fsp3) is 0.130. The van der Waals surface area contributed by atoms with Crippen molar-refractivity contribution in [3.8, 4) is 11.5 Å². The van der Waals surface area contributed by atoms with Gasteiger partial charge in [-0.05, 0) is 29.8 Å². The lowest BCUT2D eigenvalue weighted by molar-refractivity contribution is 0.0960. The van der Waals surface area contributed by atoms with Crippen molar-refractivity contribution in [2.75, 3.05) is 6.79 Å². The first kappa shape index (κ1) is 16.0. The van der Waals surface area contributed by atoms with Gasteiger partial charge in [-0.15, -0.1) is 11.8 Å². The summed E-state index contributed by atoms with van der Waals surface area (Å²) in [7, 11) is 0. The Morgan fingerprint density at radius 3 is 2.61 bits per heavy atom. The van der Waals surface area contributed by atoms with Crippen LogP contribution in [0.4, 0.5) is 5.69 Å². The van der Waals surface area contributed by atoms with E-state index in [4.69, 9.17) is 14.5 Å². The molecular weight excluding hydrogens is 370 g/mol. The van der Waals surface area contributed by atoms with Gasteiger partial charge in [0.05, 0.1) is 22.6 Å². The second kappa shape index (κ2) is 5.97. The fourth-order valence-electron chi connectivity index (χ4n) is 4.13. The Balaban J connectivity index is 1.57. The summed E-state index contributed by atoms with van der Waals surface area (Å²) in [4.78, 5) is 19.4. The molecule has 2 heterocycles. The Morgan fingerprint density at radius 1 is 0.893 bits per heavy atom. The zero-order chi connectivity index (χ0) is 18.7. The molecule has 0 spiro atoms. The summed E-state index contributed by atoms with van der Waals surface area (Å²) in [5, 5.41) is -0.0863. The van der Waals surface area contributed by atoms with Crippen LogP contribution in [-0.4, -0.2) is 18.3 Å². The van der Waals surface area contributed by atoms with E-state index in [2.05, 4.69) is 6.07 Å². The highest BCUT2D eigenvalue weighted by Crippen LogP contribution is 2.52. The van der Waals surface area contributed by atoms with Gasteiger partial charge >= 0.3 is 0 Å². The molecule has 2 atom stereocenters. The van der Waals surface area contributed by atoms with Gasteiger partial charge in [0.25, 0.3) is 0 Å². The standard InChI is InChI=1S/C23H15NO3S/c25-22-15-6-2-1-5-14(15)21-20(22)23(28-19-8-4-3-7-16(19)24-21)13-9-10-17-18(11-13)27-12-26-17/h1-11,20,23H,12H2. The number of fused-ring (bicyclic) bond motifs is 5. The molecule has 5 heteroatoms. The van der Waals surface area contributed by atoms with Gasteiger partial charge in [0.1, 0.15) is 0 Å². The van der Waals surface area contributed by atoms with Crippen LogP contribution in [0.15, 0.2) is 76.6 Å². The monoisotopic (exact) mass is 385 g/mol. The van der Waals surface area contributed by atoms with Crippen molar-refractivity contribution in [3.05, 3.63) is 83.4 Å². The van der Waals surface area contributed by atoms with Gasteiger partial charge in [0.15, 0.2) is 17.3 Å². The summed E-state index contributed by atoms with van der Waals surface area (Å²) in [6.45, 7) is 0.236. The van der Waals surface area contributed by atoms with E-state index < -0.39 is 0 Å². The Morgan fingerprint density at radius 2 is 1.68 bits per heavy atom. The molecule has 1 aliphatic carbocycles. The summed E-state index contributed by atoms with van der Waals surface area (Å²) in [5.74, 6) is 1.29. The number of aliphatic imine (C=N–C) groups is 1. The van der Waals surface area contributed by atoms with Crippen LogP contribution in [0.2, 0.25) is 0 Å². The van der Waals surface area contributed by atoms with Crippen molar-refractivity contribution in [2.45, 2.75) is 10.1 Å². The molecule has 6 rings (SSSR count). The molecule has 0 aromatic heterocycles. The third-order valence-corrected chi connectivity index (χ3v) is 6.83. The Labute approximate surface area is 166 Å². The van der Waals surface area contributed by atoms with Crippen molar-refractivity contribution in [1.29, 1.82) is 0 Å². The van der Waals surface area contributed by atoms with E-state index in [1.165, 1.54) is 0 Å². The average Bonchev–Trinajstić information content (AvgIpc) is 3.25. The minimum Gasteiger partial charge on any atom is -0.454 e. The minimum atomic E-state index is -0.324. The lowest BCUT2D eigenvalue weighted by atomic mass is 9.93. The largest absolute Gasteiger partial charge is 0.454 e. The second-order valence-corrected chi connectivity index (χ2v) is 8.19. The average molecular weight is 385 g/mol. The number of hydrogen-bond acceptors (Lipinski definition) is 5. The Kier molecular flexibility index (Phi) is 3.40. The highest BCUT2D eigenvalue weighted by Gasteiger charge is 2.44. The maximum absolute atomic E-state index is 13.4. The van der Waals surface area contributed by atoms with Crippen LogP contribution in [0.1, 0.15) is 26.7 Å². The molecule has 2 aliphatic heterocycles. The topological polar surface area (TPSA) is 47.9 Å². The lowest BCUT2D eigenvalue weighted by Crippen LogP contribution is -2.21.